The van der Waals surface area contributed by atoms with Gasteiger partial charge in [-0.2, -0.15) is 0 Å². The van der Waals surface area contributed by atoms with Gasteiger partial charge >= 0.3 is 0 Å². The van der Waals surface area contributed by atoms with Gasteiger partial charge in [-0.1, -0.05) is 19.9 Å². The van der Waals surface area contributed by atoms with Gasteiger partial charge in [0.25, 0.3) is 11.6 Å². The van der Waals surface area contributed by atoms with Crippen molar-refractivity contribution in [2.24, 2.45) is 0 Å². The van der Waals surface area contributed by atoms with Crippen LogP contribution < -0.4 is 4.90 Å². The molecule has 8 heteroatoms. The fourth-order valence-electron chi connectivity index (χ4n) is 4.00. The van der Waals surface area contributed by atoms with Crippen LogP contribution in [0.1, 0.15) is 55.2 Å². The molecule has 8 nitrogen and oxygen atoms in total. The van der Waals surface area contributed by atoms with Crippen LogP contribution in [0.15, 0.2) is 40.8 Å². The highest BCUT2D eigenvalue weighted by Gasteiger charge is 2.35. The van der Waals surface area contributed by atoms with Gasteiger partial charge in [-0.15, -0.1) is 10.2 Å². The Kier molecular flexibility index (Phi) is 5.73. The van der Waals surface area contributed by atoms with Crippen molar-refractivity contribution in [2.45, 2.75) is 58.7 Å². The largest absolute Gasteiger partial charge is 0.507 e. The lowest BCUT2D eigenvalue weighted by atomic mass is 9.95. The van der Waals surface area contributed by atoms with E-state index < -0.39 is 4.92 Å². The van der Waals surface area contributed by atoms with E-state index in [2.05, 4.69) is 30.1 Å². The number of phenolic OH excluding ortho intramolecular Hbond substituents is 1. The van der Waals surface area contributed by atoms with Gasteiger partial charge in [0.1, 0.15) is 12.3 Å². The SMILES string of the molecule is Cc1cc(O)c(C[NH+](Cc2nnc(-c3cccc([N+](=O)[O-])c3)o2)C2CC2)cc1C(C)C. The van der Waals surface area contributed by atoms with Gasteiger partial charge in [-0.25, -0.2) is 0 Å². The van der Waals surface area contributed by atoms with Crippen LogP contribution in [-0.4, -0.2) is 26.3 Å². The van der Waals surface area contributed by atoms with E-state index >= 15 is 0 Å². The van der Waals surface area contributed by atoms with Crippen molar-refractivity contribution in [3.05, 3.63) is 69.1 Å². The zero-order valence-electron chi connectivity index (χ0n) is 18.0. The highest BCUT2D eigenvalue weighted by molar-refractivity contribution is 5.57. The minimum absolute atomic E-state index is 0.0155. The predicted octanol–water partition coefficient (Wildman–Crippen LogP) is 3.53. The number of hydrogen-bond donors (Lipinski definition) is 2. The van der Waals surface area contributed by atoms with Crippen LogP contribution in [0.5, 0.6) is 5.75 Å². The Bertz CT molecular complexity index is 1100. The molecular formula is C23H27N4O4+. The van der Waals surface area contributed by atoms with Crippen LogP contribution in [0.3, 0.4) is 0 Å². The molecule has 0 amide bonds. The zero-order valence-corrected chi connectivity index (χ0v) is 18.0. The maximum Gasteiger partial charge on any atom is 0.271 e. The number of aromatic nitrogens is 2. The van der Waals surface area contributed by atoms with Crippen molar-refractivity contribution >= 4 is 5.69 Å². The topological polar surface area (TPSA) is 107 Å². The molecule has 1 fully saturated rings. The molecule has 0 saturated heterocycles. The summed E-state index contributed by atoms with van der Waals surface area (Å²) in [7, 11) is 0. The lowest BCUT2D eigenvalue weighted by molar-refractivity contribution is -0.939. The molecule has 4 rings (SSSR count). The summed E-state index contributed by atoms with van der Waals surface area (Å²) in [6, 6.07) is 10.6. The second kappa shape index (κ2) is 8.47. The summed E-state index contributed by atoms with van der Waals surface area (Å²) in [6.45, 7) is 7.55. The van der Waals surface area contributed by atoms with E-state index in [0.717, 1.165) is 24.0 Å². The molecule has 0 aliphatic heterocycles. The van der Waals surface area contributed by atoms with E-state index in [1.165, 1.54) is 22.6 Å². The van der Waals surface area contributed by atoms with E-state index in [-0.39, 0.29) is 11.6 Å². The minimum atomic E-state index is -0.445. The van der Waals surface area contributed by atoms with Crippen molar-refractivity contribution in [1.29, 1.82) is 0 Å². The number of phenols is 1. The fraction of sp³-hybridized carbons (Fsp3) is 0.391. The number of nitrogens with zero attached hydrogens (tertiary/aromatic N) is 3. The number of rotatable bonds is 8. The summed E-state index contributed by atoms with van der Waals surface area (Å²) >= 11 is 0. The maximum atomic E-state index is 11.0. The summed E-state index contributed by atoms with van der Waals surface area (Å²) in [4.78, 5) is 11.8. The van der Waals surface area contributed by atoms with Gasteiger partial charge in [0.2, 0.25) is 5.89 Å². The van der Waals surface area contributed by atoms with Gasteiger partial charge in [0, 0.05) is 36.1 Å². The average molecular weight is 423 g/mol. The Hall–Kier alpha value is -3.26. The number of benzene rings is 2. The first-order valence-electron chi connectivity index (χ1n) is 10.6. The highest BCUT2D eigenvalue weighted by Crippen LogP contribution is 2.28. The molecule has 162 valence electrons. The fourth-order valence-corrected chi connectivity index (χ4v) is 4.00. The van der Waals surface area contributed by atoms with Crippen LogP contribution >= 0.6 is 0 Å². The summed E-state index contributed by atoms with van der Waals surface area (Å²) < 4.78 is 5.83. The Balaban J connectivity index is 1.54. The van der Waals surface area contributed by atoms with Crippen molar-refractivity contribution in [1.82, 2.24) is 10.2 Å². The monoisotopic (exact) mass is 423 g/mol. The third kappa shape index (κ3) is 4.74. The molecule has 1 aromatic heterocycles. The first-order valence-corrected chi connectivity index (χ1v) is 10.6. The highest BCUT2D eigenvalue weighted by atomic mass is 16.6. The molecule has 1 saturated carbocycles. The molecule has 1 heterocycles. The van der Waals surface area contributed by atoms with Gasteiger partial charge in [-0.05, 0) is 42.2 Å². The van der Waals surface area contributed by atoms with Crippen molar-refractivity contribution in [3.63, 3.8) is 0 Å². The Labute approximate surface area is 180 Å². The number of nitrogens with one attached hydrogen (secondary N) is 1. The molecule has 2 aromatic carbocycles. The normalized spacial score (nSPS) is 14.7. The lowest BCUT2D eigenvalue weighted by Gasteiger charge is -2.20. The minimum Gasteiger partial charge on any atom is -0.507 e. The van der Waals surface area contributed by atoms with Crippen LogP contribution in [-0.2, 0) is 13.1 Å². The molecule has 1 aliphatic carbocycles. The van der Waals surface area contributed by atoms with E-state index in [0.29, 0.717) is 42.3 Å². The molecule has 3 aromatic rings. The summed E-state index contributed by atoms with van der Waals surface area (Å²) in [6.07, 6.45) is 2.26. The van der Waals surface area contributed by atoms with Crippen LogP contribution in [0.4, 0.5) is 5.69 Å². The number of aryl methyl sites for hydroxylation is 1. The standard InChI is InChI=1S/C23H26N4O4/c1-14(2)20-11-17(21(28)9-15(20)3)12-26(18-7-8-18)13-22-24-25-23(31-22)16-5-4-6-19(10-16)27(29)30/h4-6,9-11,14,18,28H,7-8,12-13H2,1-3H3/p+1. The van der Waals surface area contributed by atoms with Crippen molar-refractivity contribution in [2.75, 3.05) is 0 Å². The first-order chi connectivity index (χ1) is 14.8. The van der Waals surface area contributed by atoms with Gasteiger partial charge < -0.3 is 14.4 Å². The third-order valence-corrected chi connectivity index (χ3v) is 5.81. The first kappa shape index (κ1) is 21.0. The quantitative estimate of drug-likeness (QED) is 0.424. The molecule has 1 unspecified atom stereocenters. The third-order valence-electron chi connectivity index (χ3n) is 5.81. The molecule has 1 aliphatic rings. The summed E-state index contributed by atoms with van der Waals surface area (Å²) in [5, 5.41) is 29.8. The van der Waals surface area contributed by atoms with Crippen LogP contribution in [0.2, 0.25) is 0 Å². The molecule has 1 atom stereocenters. The predicted molar refractivity (Wildman–Crippen MR) is 115 cm³/mol. The Morgan fingerprint density at radius 1 is 1.23 bits per heavy atom. The van der Waals surface area contributed by atoms with Crippen molar-refractivity contribution in [3.8, 4) is 17.2 Å². The Morgan fingerprint density at radius 2 is 2.00 bits per heavy atom. The Morgan fingerprint density at radius 3 is 2.68 bits per heavy atom. The average Bonchev–Trinajstić information content (AvgIpc) is 3.47. The summed E-state index contributed by atoms with van der Waals surface area (Å²) in [5.41, 5.74) is 3.78. The van der Waals surface area contributed by atoms with E-state index in [4.69, 9.17) is 4.42 Å². The molecule has 0 radical (unpaired) electrons. The molecular weight excluding hydrogens is 396 g/mol. The molecule has 0 spiro atoms. The molecule has 0 bridgehead atoms. The zero-order chi connectivity index (χ0) is 22.1. The number of hydrogen-bond acceptors (Lipinski definition) is 6. The maximum absolute atomic E-state index is 11.0. The second-order valence-corrected chi connectivity index (χ2v) is 8.59. The van der Waals surface area contributed by atoms with Crippen LogP contribution in [0, 0.1) is 17.0 Å². The van der Waals surface area contributed by atoms with Crippen molar-refractivity contribution < 1.29 is 19.3 Å². The smallest absolute Gasteiger partial charge is 0.271 e. The van der Waals surface area contributed by atoms with Gasteiger partial charge in [0.15, 0.2) is 6.54 Å². The lowest BCUT2D eigenvalue weighted by Crippen LogP contribution is -3.10. The summed E-state index contributed by atoms with van der Waals surface area (Å²) in [5.74, 6) is 1.47. The number of aromatic hydroxyl groups is 1. The second-order valence-electron chi connectivity index (χ2n) is 8.59. The van der Waals surface area contributed by atoms with E-state index in [9.17, 15) is 15.2 Å². The van der Waals surface area contributed by atoms with E-state index in [1.54, 1.807) is 12.1 Å². The van der Waals surface area contributed by atoms with E-state index in [1.807, 2.05) is 13.0 Å². The number of nitro groups is 1. The number of nitro benzene ring substituents is 1. The molecule has 31 heavy (non-hydrogen) atoms. The van der Waals surface area contributed by atoms with Crippen LogP contribution in [0.25, 0.3) is 11.5 Å². The molecule has 2 N–H and O–H groups in total. The number of quaternary nitrogens is 1. The number of non-ortho nitro benzene ring substituents is 1. The van der Waals surface area contributed by atoms with Gasteiger partial charge in [0.05, 0.1) is 11.0 Å². The van der Waals surface area contributed by atoms with Gasteiger partial charge in [-0.3, -0.25) is 10.1 Å².